The molecule has 0 aromatic heterocycles. The predicted molar refractivity (Wildman–Crippen MR) is 84.8 cm³/mol. The van der Waals surface area contributed by atoms with E-state index in [0.717, 1.165) is 24.7 Å². The van der Waals surface area contributed by atoms with E-state index in [2.05, 4.69) is 54.4 Å². The molecule has 0 amide bonds. The third-order valence-electron chi connectivity index (χ3n) is 5.25. The minimum atomic E-state index is 0.587. The van der Waals surface area contributed by atoms with Crippen LogP contribution in [0, 0.1) is 0 Å². The number of hydrogen-bond donors (Lipinski definition) is 1. The maximum absolute atomic E-state index is 3.77. The molecule has 3 atom stereocenters. The number of piperidine rings is 1. The maximum Gasteiger partial charge on any atom is 0.0348 e. The molecule has 1 aromatic carbocycles. The van der Waals surface area contributed by atoms with Gasteiger partial charge in [0.1, 0.15) is 0 Å². The first-order valence-electron chi connectivity index (χ1n) is 8.38. The van der Waals surface area contributed by atoms with E-state index in [1.54, 1.807) is 0 Å². The monoisotopic (exact) mass is 272 g/mol. The maximum atomic E-state index is 3.77. The molecule has 0 spiro atoms. The van der Waals surface area contributed by atoms with Gasteiger partial charge >= 0.3 is 0 Å². The first-order chi connectivity index (χ1) is 9.81. The van der Waals surface area contributed by atoms with Gasteiger partial charge in [0.15, 0.2) is 0 Å². The van der Waals surface area contributed by atoms with Gasteiger partial charge in [-0.05, 0) is 44.2 Å². The lowest BCUT2D eigenvalue weighted by molar-refractivity contribution is 0.0967. The summed E-state index contributed by atoms with van der Waals surface area (Å²) < 4.78 is 0. The zero-order valence-electron chi connectivity index (χ0n) is 12.9. The van der Waals surface area contributed by atoms with E-state index in [1.165, 1.54) is 37.7 Å². The number of nitrogens with one attached hydrogen (secondary N) is 1. The number of benzene rings is 1. The van der Waals surface area contributed by atoms with E-state index in [9.17, 15) is 0 Å². The van der Waals surface area contributed by atoms with Crippen molar-refractivity contribution < 1.29 is 0 Å². The molecule has 1 N–H and O–H groups in total. The van der Waals surface area contributed by atoms with Crippen LogP contribution in [0.1, 0.15) is 57.6 Å². The van der Waals surface area contributed by atoms with Crippen molar-refractivity contribution in [3.8, 4) is 0 Å². The highest BCUT2D eigenvalue weighted by atomic mass is 15.2. The first kappa shape index (κ1) is 14.1. The van der Waals surface area contributed by atoms with Crippen LogP contribution in [0.3, 0.4) is 0 Å². The van der Waals surface area contributed by atoms with Gasteiger partial charge in [-0.3, -0.25) is 4.90 Å². The molecule has 2 aliphatic heterocycles. The van der Waals surface area contributed by atoms with Crippen molar-refractivity contribution in [3.63, 3.8) is 0 Å². The standard InChI is InChI=1S/C18H28N2/c1-3-18(14-8-6-5-7-9-14)20(4-2)17-12-15-10-11-16(13-17)19-15/h5-9,15-19H,3-4,10-13H2,1-2H3. The van der Waals surface area contributed by atoms with Gasteiger partial charge in [0, 0.05) is 24.2 Å². The summed E-state index contributed by atoms with van der Waals surface area (Å²) in [7, 11) is 0. The Labute approximate surface area is 123 Å². The highest BCUT2D eigenvalue weighted by molar-refractivity contribution is 5.19. The molecule has 0 aliphatic carbocycles. The Morgan fingerprint density at radius 1 is 1.10 bits per heavy atom. The number of hydrogen-bond acceptors (Lipinski definition) is 2. The highest BCUT2D eigenvalue weighted by Gasteiger charge is 2.37. The third-order valence-corrected chi connectivity index (χ3v) is 5.25. The van der Waals surface area contributed by atoms with Crippen molar-refractivity contribution in [2.75, 3.05) is 6.54 Å². The summed E-state index contributed by atoms with van der Waals surface area (Å²) in [4.78, 5) is 2.77. The summed E-state index contributed by atoms with van der Waals surface area (Å²) in [6.07, 6.45) is 6.67. The fraction of sp³-hybridized carbons (Fsp3) is 0.667. The van der Waals surface area contributed by atoms with Crippen LogP contribution >= 0.6 is 0 Å². The molecule has 3 unspecified atom stereocenters. The molecule has 2 aliphatic rings. The molecule has 0 radical (unpaired) electrons. The Morgan fingerprint density at radius 3 is 2.30 bits per heavy atom. The van der Waals surface area contributed by atoms with Gasteiger partial charge in [0.2, 0.25) is 0 Å². The fourth-order valence-corrected chi connectivity index (χ4v) is 4.37. The van der Waals surface area contributed by atoms with E-state index in [-0.39, 0.29) is 0 Å². The second-order valence-corrected chi connectivity index (χ2v) is 6.43. The summed E-state index contributed by atoms with van der Waals surface area (Å²) in [5, 5.41) is 3.77. The number of nitrogens with zero attached hydrogens (tertiary/aromatic N) is 1. The molecule has 110 valence electrons. The van der Waals surface area contributed by atoms with Gasteiger partial charge in [-0.15, -0.1) is 0 Å². The molecule has 3 rings (SSSR count). The molecule has 2 heteroatoms. The zero-order valence-corrected chi connectivity index (χ0v) is 12.9. The van der Waals surface area contributed by atoms with Gasteiger partial charge in [-0.2, -0.15) is 0 Å². The van der Waals surface area contributed by atoms with Gasteiger partial charge in [0.05, 0.1) is 0 Å². The van der Waals surface area contributed by atoms with Crippen molar-refractivity contribution >= 4 is 0 Å². The summed E-state index contributed by atoms with van der Waals surface area (Å²) >= 11 is 0. The van der Waals surface area contributed by atoms with Crippen molar-refractivity contribution in [3.05, 3.63) is 35.9 Å². The normalized spacial score (nSPS) is 30.6. The Kier molecular flexibility index (Phi) is 4.42. The van der Waals surface area contributed by atoms with Crippen LogP contribution in [0.15, 0.2) is 30.3 Å². The van der Waals surface area contributed by atoms with Crippen LogP contribution in [0.2, 0.25) is 0 Å². The van der Waals surface area contributed by atoms with Crippen molar-refractivity contribution in [1.29, 1.82) is 0 Å². The molecule has 2 heterocycles. The molecule has 1 aromatic rings. The highest BCUT2D eigenvalue weighted by Crippen LogP contribution is 2.35. The minimum Gasteiger partial charge on any atom is -0.311 e. The van der Waals surface area contributed by atoms with Crippen molar-refractivity contribution in [2.45, 2.75) is 70.1 Å². The average molecular weight is 272 g/mol. The fourth-order valence-electron chi connectivity index (χ4n) is 4.37. The quantitative estimate of drug-likeness (QED) is 0.878. The Morgan fingerprint density at radius 2 is 1.75 bits per heavy atom. The molecule has 2 nitrogen and oxygen atoms in total. The Hall–Kier alpha value is -0.860. The van der Waals surface area contributed by atoms with Crippen LogP contribution in [-0.2, 0) is 0 Å². The van der Waals surface area contributed by atoms with Gasteiger partial charge in [-0.1, -0.05) is 44.2 Å². The summed E-state index contributed by atoms with van der Waals surface area (Å²) in [5.41, 5.74) is 1.49. The first-order valence-corrected chi connectivity index (χ1v) is 8.38. The van der Waals surface area contributed by atoms with Crippen LogP contribution in [0.25, 0.3) is 0 Å². The largest absolute Gasteiger partial charge is 0.311 e. The van der Waals surface area contributed by atoms with Crippen LogP contribution in [0.5, 0.6) is 0 Å². The smallest absolute Gasteiger partial charge is 0.0348 e. The average Bonchev–Trinajstić information content (AvgIpc) is 2.84. The Balaban J connectivity index is 1.77. The lowest BCUT2D eigenvalue weighted by Crippen LogP contribution is -2.49. The topological polar surface area (TPSA) is 15.3 Å². The van der Waals surface area contributed by atoms with Crippen molar-refractivity contribution in [1.82, 2.24) is 10.2 Å². The molecule has 2 saturated heterocycles. The number of rotatable bonds is 5. The van der Waals surface area contributed by atoms with E-state index in [4.69, 9.17) is 0 Å². The zero-order chi connectivity index (χ0) is 13.9. The molecule has 2 bridgehead atoms. The summed E-state index contributed by atoms with van der Waals surface area (Å²) in [5.74, 6) is 0. The van der Waals surface area contributed by atoms with Crippen molar-refractivity contribution in [2.24, 2.45) is 0 Å². The second-order valence-electron chi connectivity index (χ2n) is 6.43. The summed E-state index contributed by atoms with van der Waals surface area (Å²) in [6, 6.07) is 14.0. The lowest BCUT2D eigenvalue weighted by Gasteiger charge is -2.41. The van der Waals surface area contributed by atoms with Gasteiger partial charge in [-0.25, -0.2) is 0 Å². The van der Waals surface area contributed by atoms with E-state index in [1.807, 2.05) is 0 Å². The lowest BCUT2D eigenvalue weighted by atomic mass is 9.93. The molecule has 20 heavy (non-hydrogen) atoms. The second kappa shape index (κ2) is 6.28. The van der Waals surface area contributed by atoms with Gasteiger partial charge in [0.25, 0.3) is 0 Å². The third kappa shape index (κ3) is 2.77. The Bertz CT molecular complexity index is 405. The van der Waals surface area contributed by atoms with Crippen LogP contribution in [-0.4, -0.2) is 29.6 Å². The summed E-state index contributed by atoms with van der Waals surface area (Å²) in [6.45, 7) is 5.82. The van der Waals surface area contributed by atoms with Crippen LogP contribution in [0.4, 0.5) is 0 Å². The minimum absolute atomic E-state index is 0.587. The predicted octanol–water partition coefficient (Wildman–Crippen LogP) is 3.74. The molecule has 0 saturated carbocycles. The molecular formula is C18H28N2. The van der Waals surface area contributed by atoms with Gasteiger partial charge < -0.3 is 5.32 Å². The SMILES string of the molecule is CCC(c1ccccc1)N(CC)C1CC2CCC(C1)N2. The van der Waals surface area contributed by atoms with E-state index < -0.39 is 0 Å². The van der Waals surface area contributed by atoms with E-state index >= 15 is 0 Å². The van der Waals surface area contributed by atoms with Crippen LogP contribution < -0.4 is 5.32 Å². The molecule has 2 fully saturated rings. The van der Waals surface area contributed by atoms with E-state index in [0.29, 0.717) is 6.04 Å². The number of fused-ring (bicyclic) bond motifs is 2. The molecular weight excluding hydrogens is 244 g/mol.